The molecule has 1 N–H and O–H groups in total. The van der Waals surface area contributed by atoms with Crippen LogP contribution in [0.4, 0.5) is 0 Å². The number of nitrogens with one attached hydrogen (secondary N) is 1. The van der Waals surface area contributed by atoms with E-state index in [0.717, 1.165) is 12.2 Å². The van der Waals surface area contributed by atoms with Crippen LogP contribution in [0.2, 0.25) is 0 Å². The molecule has 0 bridgehead atoms. The molecule has 2 heteroatoms. The molecule has 14 heavy (non-hydrogen) atoms. The van der Waals surface area contributed by atoms with Crippen molar-refractivity contribution in [2.45, 2.75) is 18.6 Å². The molecule has 1 aromatic rings. The molecule has 1 aliphatic heterocycles. The first-order valence-electron chi connectivity index (χ1n) is 4.73. The van der Waals surface area contributed by atoms with Gasteiger partial charge in [-0.15, -0.1) is 6.42 Å². The van der Waals surface area contributed by atoms with Crippen molar-refractivity contribution in [2.75, 3.05) is 7.05 Å². The minimum Gasteiger partial charge on any atom is -0.487 e. The van der Waals surface area contributed by atoms with Gasteiger partial charge in [0.25, 0.3) is 0 Å². The zero-order valence-electron chi connectivity index (χ0n) is 8.16. The predicted octanol–water partition coefficient (Wildman–Crippen LogP) is 1.21. The molecule has 1 aromatic carbocycles. The standard InChI is InChI=1S/C12H13NO/c1-3-10(13-2)12-8-9-6-4-5-7-11(9)14-12/h1,4-7,10,12-13H,8H2,2H3. The van der Waals surface area contributed by atoms with Crippen LogP contribution in [0.1, 0.15) is 5.56 Å². The number of rotatable bonds is 2. The highest BCUT2D eigenvalue weighted by Crippen LogP contribution is 2.29. The largest absolute Gasteiger partial charge is 0.487 e. The van der Waals surface area contributed by atoms with Crippen molar-refractivity contribution in [3.8, 4) is 18.1 Å². The SMILES string of the molecule is C#CC(NC)C1Cc2ccccc2O1. The van der Waals surface area contributed by atoms with Gasteiger partial charge in [0.2, 0.25) is 0 Å². The van der Waals surface area contributed by atoms with Crippen LogP contribution < -0.4 is 10.1 Å². The predicted molar refractivity (Wildman–Crippen MR) is 56.2 cm³/mol. The van der Waals surface area contributed by atoms with E-state index in [9.17, 15) is 0 Å². The summed E-state index contributed by atoms with van der Waals surface area (Å²) in [6, 6.07) is 8.06. The van der Waals surface area contributed by atoms with Crippen LogP contribution >= 0.6 is 0 Å². The van der Waals surface area contributed by atoms with Gasteiger partial charge in [0.15, 0.2) is 0 Å². The number of likely N-dealkylation sites (N-methyl/N-ethyl adjacent to an activating group) is 1. The van der Waals surface area contributed by atoms with Gasteiger partial charge in [-0.25, -0.2) is 0 Å². The number of para-hydroxylation sites is 1. The summed E-state index contributed by atoms with van der Waals surface area (Å²) in [5.74, 6) is 3.66. The summed E-state index contributed by atoms with van der Waals surface area (Å²) in [7, 11) is 1.86. The molecule has 0 radical (unpaired) electrons. The van der Waals surface area contributed by atoms with E-state index in [2.05, 4.69) is 17.3 Å². The summed E-state index contributed by atoms with van der Waals surface area (Å²) < 4.78 is 5.75. The molecule has 1 heterocycles. The maximum atomic E-state index is 5.75. The third-order valence-corrected chi connectivity index (χ3v) is 2.53. The van der Waals surface area contributed by atoms with Crippen molar-refractivity contribution < 1.29 is 4.74 Å². The van der Waals surface area contributed by atoms with Crippen LogP contribution in [0.15, 0.2) is 24.3 Å². The second-order valence-electron chi connectivity index (χ2n) is 3.40. The number of hydrogen-bond donors (Lipinski definition) is 1. The van der Waals surface area contributed by atoms with Gasteiger partial charge in [-0.3, -0.25) is 0 Å². The first-order chi connectivity index (χ1) is 6.85. The Labute approximate surface area is 84.3 Å². The fourth-order valence-corrected chi connectivity index (χ4v) is 1.77. The lowest BCUT2D eigenvalue weighted by atomic mass is 10.1. The van der Waals surface area contributed by atoms with Crippen LogP contribution in [-0.4, -0.2) is 19.2 Å². The fraction of sp³-hybridized carbons (Fsp3) is 0.333. The second-order valence-corrected chi connectivity index (χ2v) is 3.40. The molecule has 0 spiro atoms. The topological polar surface area (TPSA) is 21.3 Å². The Balaban J connectivity index is 2.16. The van der Waals surface area contributed by atoms with Crippen molar-refractivity contribution >= 4 is 0 Å². The first-order valence-corrected chi connectivity index (χ1v) is 4.73. The average Bonchev–Trinajstić information content (AvgIpc) is 2.63. The molecule has 0 fully saturated rings. The first kappa shape index (κ1) is 9.11. The van der Waals surface area contributed by atoms with E-state index < -0.39 is 0 Å². The summed E-state index contributed by atoms with van der Waals surface area (Å²) >= 11 is 0. The minimum absolute atomic E-state index is 0.0117. The summed E-state index contributed by atoms with van der Waals surface area (Å²) in [4.78, 5) is 0. The normalized spacial score (nSPS) is 20.7. The number of benzene rings is 1. The Kier molecular flexibility index (Phi) is 2.43. The van der Waals surface area contributed by atoms with Gasteiger partial charge in [0.1, 0.15) is 17.9 Å². The van der Waals surface area contributed by atoms with E-state index in [-0.39, 0.29) is 12.1 Å². The Morgan fingerprint density at radius 1 is 1.57 bits per heavy atom. The van der Waals surface area contributed by atoms with Crippen LogP contribution in [0, 0.1) is 12.3 Å². The highest BCUT2D eigenvalue weighted by molar-refractivity contribution is 5.38. The molecule has 0 aliphatic carbocycles. The van der Waals surface area contributed by atoms with Crippen molar-refractivity contribution in [3.63, 3.8) is 0 Å². The van der Waals surface area contributed by atoms with Gasteiger partial charge in [-0.05, 0) is 18.7 Å². The number of ether oxygens (including phenoxy) is 1. The Morgan fingerprint density at radius 3 is 3.00 bits per heavy atom. The molecule has 0 aromatic heterocycles. The highest BCUT2D eigenvalue weighted by Gasteiger charge is 2.27. The lowest BCUT2D eigenvalue weighted by molar-refractivity contribution is 0.207. The number of fused-ring (bicyclic) bond motifs is 1. The van der Waals surface area contributed by atoms with E-state index in [1.165, 1.54) is 5.56 Å². The summed E-state index contributed by atoms with van der Waals surface area (Å²) in [5, 5.41) is 3.07. The second kappa shape index (κ2) is 3.73. The number of terminal acetylenes is 1. The maximum Gasteiger partial charge on any atom is 0.129 e. The Hall–Kier alpha value is -1.46. The lowest BCUT2D eigenvalue weighted by Crippen LogP contribution is -2.39. The monoisotopic (exact) mass is 187 g/mol. The summed E-state index contributed by atoms with van der Waals surface area (Å²) in [6.07, 6.45) is 6.37. The van der Waals surface area contributed by atoms with Crippen molar-refractivity contribution in [2.24, 2.45) is 0 Å². The molecule has 2 atom stereocenters. The Bertz CT molecular complexity index is 342. The maximum absolute atomic E-state index is 5.75. The molecule has 0 saturated heterocycles. The average molecular weight is 187 g/mol. The molecule has 1 aliphatic rings. The molecule has 2 unspecified atom stereocenters. The lowest BCUT2D eigenvalue weighted by Gasteiger charge is -2.17. The molecule has 0 saturated carbocycles. The van der Waals surface area contributed by atoms with Crippen LogP contribution in [-0.2, 0) is 6.42 Å². The van der Waals surface area contributed by atoms with Crippen molar-refractivity contribution in [3.05, 3.63) is 29.8 Å². The van der Waals surface area contributed by atoms with Gasteiger partial charge in [-0.1, -0.05) is 24.1 Å². The quantitative estimate of drug-likeness (QED) is 0.703. The number of hydrogen-bond acceptors (Lipinski definition) is 2. The van der Waals surface area contributed by atoms with Gasteiger partial charge in [0.05, 0.1) is 0 Å². The molecule has 72 valence electrons. The fourth-order valence-electron chi connectivity index (χ4n) is 1.77. The molecule has 2 rings (SSSR count). The van der Waals surface area contributed by atoms with Crippen LogP contribution in [0.5, 0.6) is 5.75 Å². The van der Waals surface area contributed by atoms with Gasteiger partial charge in [0, 0.05) is 6.42 Å². The van der Waals surface area contributed by atoms with E-state index in [1.807, 2.05) is 25.2 Å². The van der Waals surface area contributed by atoms with E-state index in [4.69, 9.17) is 11.2 Å². The van der Waals surface area contributed by atoms with Gasteiger partial charge in [-0.2, -0.15) is 0 Å². The third-order valence-electron chi connectivity index (χ3n) is 2.53. The van der Waals surface area contributed by atoms with Crippen LogP contribution in [0.25, 0.3) is 0 Å². The summed E-state index contributed by atoms with van der Waals surface area (Å²) in [5.41, 5.74) is 1.24. The molecule has 2 nitrogen and oxygen atoms in total. The van der Waals surface area contributed by atoms with E-state index in [0.29, 0.717) is 0 Å². The molecular weight excluding hydrogens is 174 g/mol. The van der Waals surface area contributed by atoms with Crippen LogP contribution in [0.3, 0.4) is 0 Å². The van der Waals surface area contributed by atoms with Crippen molar-refractivity contribution in [1.29, 1.82) is 0 Å². The summed E-state index contributed by atoms with van der Waals surface area (Å²) in [6.45, 7) is 0. The zero-order chi connectivity index (χ0) is 9.97. The van der Waals surface area contributed by atoms with E-state index >= 15 is 0 Å². The van der Waals surface area contributed by atoms with Gasteiger partial charge < -0.3 is 10.1 Å². The Morgan fingerprint density at radius 2 is 2.36 bits per heavy atom. The van der Waals surface area contributed by atoms with Gasteiger partial charge >= 0.3 is 0 Å². The third kappa shape index (κ3) is 1.47. The minimum atomic E-state index is -0.0117. The zero-order valence-corrected chi connectivity index (χ0v) is 8.16. The molecular formula is C12H13NO. The van der Waals surface area contributed by atoms with E-state index in [1.54, 1.807) is 0 Å². The van der Waals surface area contributed by atoms with Crippen molar-refractivity contribution in [1.82, 2.24) is 5.32 Å². The molecule has 0 amide bonds. The smallest absolute Gasteiger partial charge is 0.129 e. The highest BCUT2D eigenvalue weighted by atomic mass is 16.5.